The molecule has 0 saturated carbocycles. The third-order valence-corrected chi connectivity index (χ3v) is 4.36. The summed E-state index contributed by atoms with van der Waals surface area (Å²) in [4.78, 5) is 15.3. The summed E-state index contributed by atoms with van der Waals surface area (Å²) in [6.07, 6.45) is 0. The van der Waals surface area contributed by atoms with Crippen LogP contribution in [0.2, 0.25) is 0 Å². The molecule has 3 rings (SSSR count). The topological polar surface area (TPSA) is 71.3 Å². The van der Waals surface area contributed by atoms with Crippen LogP contribution < -0.4 is 5.32 Å². The molecule has 6 nitrogen and oxygen atoms in total. The maximum Gasteiger partial charge on any atom is 0.242 e. The Morgan fingerprint density at radius 3 is 3.05 bits per heavy atom. The molecule has 2 aromatic rings. The number of nitrogens with zero attached hydrogens (tertiary/aromatic N) is 3. The summed E-state index contributed by atoms with van der Waals surface area (Å²) in [6.45, 7) is 5.94. The molecule has 0 bridgehead atoms. The van der Waals surface area contributed by atoms with Gasteiger partial charge in [0, 0.05) is 23.9 Å². The molecule has 112 valence electrons. The van der Waals surface area contributed by atoms with Crippen LogP contribution in [0.4, 0.5) is 0 Å². The van der Waals surface area contributed by atoms with E-state index >= 15 is 0 Å². The van der Waals surface area contributed by atoms with Gasteiger partial charge in [-0.15, -0.1) is 21.5 Å². The van der Waals surface area contributed by atoms with Crippen LogP contribution in [0.25, 0.3) is 0 Å². The molecule has 1 fully saturated rings. The van der Waals surface area contributed by atoms with E-state index in [1.807, 2.05) is 31.4 Å². The van der Waals surface area contributed by atoms with Gasteiger partial charge in [-0.05, 0) is 11.4 Å². The van der Waals surface area contributed by atoms with Crippen LogP contribution in [0, 0.1) is 0 Å². The van der Waals surface area contributed by atoms with Crippen molar-refractivity contribution in [2.45, 2.75) is 32.4 Å². The minimum absolute atomic E-state index is 0.0345. The van der Waals surface area contributed by atoms with Crippen LogP contribution in [0.3, 0.4) is 0 Å². The van der Waals surface area contributed by atoms with Crippen LogP contribution in [-0.4, -0.2) is 34.1 Å². The Hall–Kier alpha value is -1.73. The molecule has 0 spiro atoms. The first-order chi connectivity index (χ1) is 10.1. The fraction of sp³-hybridized carbons (Fsp3) is 0.500. The number of hydrogen-bond acceptors (Lipinski definition) is 6. The highest BCUT2D eigenvalue weighted by molar-refractivity contribution is 7.10. The highest BCUT2D eigenvalue weighted by atomic mass is 32.1. The summed E-state index contributed by atoms with van der Waals surface area (Å²) < 4.78 is 5.66. The summed E-state index contributed by atoms with van der Waals surface area (Å²) in [7, 11) is 0. The van der Waals surface area contributed by atoms with Gasteiger partial charge in [-0.1, -0.05) is 19.9 Å². The number of amides is 1. The van der Waals surface area contributed by atoms with Gasteiger partial charge in [0.25, 0.3) is 0 Å². The van der Waals surface area contributed by atoms with Crippen LogP contribution in [0.15, 0.2) is 21.9 Å². The molecule has 1 saturated heterocycles. The lowest BCUT2D eigenvalue weighted by molar-refractivity contribution is -0.129. The van der Waals surface area contributed by atoms with Gasteiger partial charge >= 0.3 is 0 Å². The average molecular weight is 306 g/mol. The minimum atomic E-state index is -0.270. The van der Waals surface area contributed by atoms with Crippen LogP contribution in [-0.2, 0) is 11.3 Å². The van der Waals surface area contributed by atoms with Crippen molar-refractivity contribution in [3.05, 3.63) is 34.2 Å². The molecule has 0 aromatic carbocycles. The Morgan fingerprint density at radius 2 is 2.38 bits per heavy atom. The number of nitrogens with one attached hydrogen (secondary N) is 1. The van der Waals surface area contributed by atoms with E-state index in [2.05, 4.69) is 20.4 Å². The number of aromatic nitrogens is 2. The monoisotopic (exact) mass is 306 g/mol. The molecular formula is C14H18N4O2S. The summed E-state index contributed by atoms with van der Waals surface area (Å²) in [5.74, 6) is 1.45. The first-order valence-corrected chi connectivity index (χ1v) is 7.90. The molecule has 1 amide bonds. The first kappa shape index (κ1) is 14.2. The second-order valence-corrected chi connectivity index (χ2v) is 6.35. The zero-order chi connectivity index (χ0) is 14.8. The van der Waals surface area contributed by atoms with E-state index < -0.39 is 0 Å². The van der Waals surface area contributed by atoms with Gasteiger partial charge in [0.1, 0.15) is 6.04 Å². The van der Waals surface area contributed by atoms with E-state index in [-0.39, 0.29) is 17.9 Å². The zero-order valence-electron chi connectivity index (χ0n) is 12.1. The van der Waals surface area contributed by atoms with Crippen LogP contribution in [0.1, 0.15) is 42.5 Å². The highest BCUT2D eigenvalue weighted by Gasteiger charge is 2.32. The molecule has 1 aliphatic heterocycles. The molecule has 0 radical (unpaired) electrons. The van der Waals surface area contributed by atoms with Crippen molar-refractivity contribution in [2.24, 2.45) is 0 Å². The van der Waals surface area contributed by atoms with Crippen LogP contribution in [0.5, 0.6) is 0 Å². The van der Waals surface area contributed by atoms with E-state index in [4.69, 9.17) is 4.42 Å². The maximum atomic E-state index is 12.2. The largest absolute Gasteiger partial charge is 0.424 e. The lowest BCUT2D eigenvalue weighted by Gasteiger charge is -2.33. The van der Waals surface area contributed by atoms with Gasteiger partial charge in [-0.2, -0.15) is 0 Å². The molecule has 1 N–H and O–H groups in total. The second kappa shape index (κ2) is 5.95. The molecule has 1 atom stereocenters. The Bertz CT molecular complexity index is 608. The predicted molar refractivity (Wildman–Crippen MR) is 78.9 cm³/mol. The zero-order valence-corrected chi connectivity index (χ0v) is 12.9. The van der Waals surface area contributed by atoms with Crippen molar-refractivity contribution in [3.63, 3.8) is 0 Å². The normalized spacial score (nSPS) is 20.0. The minimum Gasteiger partial charge on any atom is -0.424 e. The summed E-state index contributed by atoms with van der Waals surface area (Å²) in [6, 6.07) is 3.68. The summed E-state index contributed by atoms with van der Waals surface area (Å²) in [5, 5.41) is 13.0. The maximum absolute atomic E-state index is 12.2. The predicted octanol–water partition coefficient (Wildman–Crippen LogP) is 1.93. The third kappa shape index (κ3) is 2.98. The van der Waals surface area contributed by atoms with Crippen molar-refractivity contribution >= 4 is 17.2 Å². The number of hydrogen-bond donors (Lipinski definition) is 1. The highest BCUT2D eigenvalue weighted by Crippen LogP contribution is 2.28. The Kier molecular flexibility index (Phi) is 4.03. The van der Waals surface area contributed by atoms with Gasteiger partial charge in [-0.3, -0.25) is 9.69 Å². The Balaban J connectivity index is 1.79. The third-order valence-electron chi connectivity index (χ3n) is 3.44. The molecule has 0 aliphatic carbocycles. The van der Waals surface area contributed by atoms with E-state index in [1.54, 1.807) is 11.3 Å². The SMILES string of the molecule is CC(C)c1nnc(CN2CCNC(=O)[C@@H]2c2cccs2)o1. The first-order valence-electron chi connectivity index (χ1n) is 7.02. The van der Waals surface area contributed by atoms with Crippen molar-refractivity contribution in [3.8, 4) is 0 Å². The number of thiophene rings is 1. The number of piperazine rings is 1. The fourth-order valence-electron chi connectivity index (χ4n) is 2.38. The molecule has 21 heavy (non-hydrogen) atoms. The molecule has 0 unspecified atom stereocenters. The van der Waals surface area contributed by atoms with Gasteiger partial charge in [0.05, 0.1) is 6.54 Å². The molecule has 1 aliphatic rings. The van der Waals surface area contributed by atoms with Crippen molar-refractivity contribution in [2.75, 3.05) is 13.1 Å². The van der Waals surface area contributed by atoms with Gasteiger partial charge in [0.2, 0.25) is 17.7 Å². The number of carbonyl (C=O) groups is 1. The smallest absolute Gasteiger partial charge is 0.242 e. The quantitative estimate of drug-likeness (QED) is 0.934. The number of rotatable bonds is 4. The van der Waals surface area contributed by atoms with E-state index in [1.165, 1.54) is 0 Å². The Morgan fingerprint density at radius 1 is 1.52 bits per heavy atom. The van der Waals surface area contributed by atoms with Gasteiger partial charge in [0.15, 0.2) is 0 Å². The van der Waals surface area contributed by atoms with E-state index in [0.29, 0.717) is 24.9 Å². The van der Waals surface area contributed by atoms with Crippen molar-refractivity contribution in [1.82, 2.24) is 20.4 Å². The summed E-state index contributed by atoms with van der Waals surface area (Å²) in [5.41, 5.74) is 0. The lowest BCUT2D eigenvalue weighted by Crippen LogP contribution is -2.49. The van der Waals surface area contributed by atoms with E-state index in [0.717, 1.165) is 11.4 Å². The van der Waals surface area contributed by atoms with Crippen molar-refractivity contribution < 1.29 is 9.21 Å². The standard InChI is InChI=1S/C14H18N4O2S/c1-9(2)14-17-16-11(20-14)8-18-6-5-15-13(19)12(18)10-4-3-7-21-10/h3-4,7,9,12H,5-6,8H2,1-2H3,(H,15,19)/t12-/m0/s1. The van der Waals surface area contributed by atoms with Gasteiger partial charge in [-0.25, -0.2) is 0 Å². The average Bonchev–Trinajstić information content (AvgIpc) is 3.10. The van der Waals surface area contributed by atoms with E-state index in [9.17, 15) is 4.79 Å². The van der Waals surface area contributed by atoms with Gasteiger partial charge < -0.3 is 9.73 Å². The number of carbonyl (C=O) groups excluding carboxylic acids is 1. The second-order valence-electron chi connectivity index (χ2n) is 5.37. The fourth-order valence-corrected chi connectivity index (χ4v) is 3.23. The lowest BCUT2D eigenvalue weighted by atomic mass is 10.1. The molecule has 7 heteroatoms. The van der Waals surface area contributed by atoms with Crippen LogP contribution >= 0.6 is 11.3 Å². The Labute approximate surface area is 127 Å². The molecule has 3 heterocycles. The molecule has 2 aromatic heterocycles. The molecular weight excluding hydrogens is 288 g/mol. The van der Waals surface area contributed by atoms with Crippen molar-refractivity contribution in [1.29, 1.82) is 0 Å². The summed E-state index contributed by atoms with van der Waals surface area (Å²) >= 11 is 1.59.